The van der Waals surface area contributed by atoms with E-state index in [1.807, 2.05) is 0 Å². The standard InChI is InChI=1S/C10H15BrN2OS/c1-2-8(3-4-11)5-13-10(14)9-6-12-7-15-9/h6-8H,2-5H2,1H3,(H,13,14). The monoisotopic (exact) mass is 290 g/mol. The Labute approximate surface area is 102 Å². The smallest absolute Gasteiger partial charge is 0.263 e. The van der Waals surface area contributed by atoms with Gasteiger partial charge in [-0.2, -0.15) is 0 Å². The molecule has 84 valence electrons. The van der Waals surface area contributed by atoms with Crippen LogP contribution >= 0.6 is 27.3 Å². The number of amides is 1. The van der Waals surface area contributed by atoms with E-state index in [-0.39, 0.29) is 5.91 Å². The minimum Gasteiger partial charge on any atom is -0.351 e. The number of nitrogens with one attached hydrogen (secondary N) is 1. The Morgan fingerprint density at radius 3 is 3.07 bits per heavy atom. The number of nitrogens with zero attached hydrogens (tertiary/aromatic N) is 1. The van der Waals surface area contributed by atoms with Crippen molar-refractivity contribution in [1.29, 1.82) is 0 Å². The number of rotatable bonds is 6. The molecule has 1 heterocycles. The first-order valence-corrected chi connectivity index (χ1v) is 7.00. The highest BCUT2D eigenvalue weighted by molar-refractivity contribution is 9.09. The summed E-state index contributed by atoms with van der Waals surface area (Å²) in [5, 5.41) is 3.92. The SMILES string of the molecule is CCC(CCBr)CNC(=O)c1cncs1. The van der Waals surface area contributed by atoms with Crippen LogP contribution in [0, 0.1) is 5.92 Å². The molecule has 1 unspecified atom stereocenters. The lowest BCUT2D eigenvalue weighted by molar-refractivity contribution is 0.0950. The van der Waals surface area contributed by atoms with E-state index in [4.69, 9.17) is 0 Å². The molecule has 3 nitrogen and oxygen atoms in total. The Balaban J connectivity index is 2.33. The maximum absolute atomic E-state index is 11.6. The van der Waals surface area contributed by atoms with Gasteiger partial charge >= 0.3 is 0 Å². The van der Waals surface area contributed by atoms with E-state index >= 15 is 0 Å². The highest BCUT2D eigenvalue weighted by Gasteiger charge is 2.10. The van der Waals surface area contributed by atoms with Crippen LogP contribution in [0.2, 0.25) is 0 Å². The first-order valence-electron chi connectivity index (χ1n) is 5.00. The number of carbonyl (C=O) groups excluding carboxylic acids is 1. The molecule has 5 heteroatoms. The fourth-order valence-electron chi connectivity index (χ4n) is 1.26. The van der Waals surface area contributed by atoms with Gasteiger partial charge in [0.15, 0.2) is 0 Å². The highest BCUT2D eigenvalue weighted by atomic mass is 79.9. The topological polar surface area (TPSA) is 42.0 Å². The van der Waals surface area contributed by atoms with Crippen molar-refractivity contribution in [1.82, 2.24) is 10.3 Å². The molecular formula is C10H15BrN2OS. The fourth-order valence-corrected chi connectivity index (χ4v) is 2.44. The van der Waals surface area contributed by atoms with E-state index in [2.05, 4.69) is 33.2 Å². The van der Waals surface area contributed by atoms with Gasteiger partial charge in [-0.05, 0) is 12.3 Å². The lowest BCUT2D eigenvalue weighted by Crippen LogP contribution is -2.28. The van der Waals surface area contributed by atoms with Crippen molar-refractivity contribution in [3.8, 4) is 0 Å². The highest BCUT2D eigenvalue weighted by Crippen LogP contribution is 2.10. The Kier molecular flexibility index (Phi) is 5.86. The van der Waals surface area contributed by atoms with Crippen LogP contribution in [-0.4, -0.2) is 22.8 Å². The Morgan fingerprint density at radius 1 is 1.73 bits per heavy atom. The zero-order chi connectivity index (χ0) is 11.1. The summed E-state index contributed by atoms with van der Waals surface area (Å²) in [6, 6.07) is 0. The molecule has 0 aliphatic rings. The maximum atomic E-state index is 11.6. The molecule has 1 aromatic heterocycles. The summed E-state index contributed by atoms with van der Waals surface area (Å²) < 4.78 is 0. The molecule has 1 N–H and O–H groups in total. The van der Waals surface area contributed by atoms with Gasteiger partial charge in [-0.25, -0.2) is 0 Å². The number of alkyl halides is 1. The van der Waals surface area contributed by atoms with Crippen molar-refractivity contribution in [3.05, 3.63) is 16.6 Å². The predicted octanol–water partition coefficient (Wildman–Crippen LogP) is 2.68. The first kappa shape index (κ1) is 12.6. The summed E-state index contributed by atoms with van der Waals surface area (Å²) in [6.45, 7) is 2.89. The number of hydrogen-bond acceptors (Lipinski definition) is 3. The lowest BCUT2D eigenvalue weighted by Gasteiger charge is -2.13. The molecule has 0 aromatic carbocycles. The quantitative estimate of drug-likeness (QED) is 0.819. The van der Waals surface area contributed by atoms with E-state index in [1.54, 1.807) is 11.7 Å². The number of hydrogen-bond donors (Lipinski definition) is 1. The van der Waals surface area contributed by atoms with Crippen molar-refractivity contribution in [3.63, 3.8) is 0 Å². The van der Waals surface area contributed by atoms with Crippen molar-refractivity contribution in [2.75, 3.05) is 11.9 Å². The van der Waals surface area contributed by atoms with Crippen LogP contribution in [0.1, 0.15) is 29.4 Å². The van der Waals surface area contributed by atoms with E-state index in [1.165, 1.54) is 11.3 Å². The van der Waals surface area contributed by atoms with Gasteiger partial charge in [0.2, 0.25) is 0 Å². The van der Waals surface area contributed by atoms with Gasteiger partial charge < -0.3 is 5.32 Å². The van der Waals surface area contributed by atoms with E-state index < -0.39 is 0 Å². The zero-order valence-corrected chi connectivity index (χ0v) is 11.1. The van der Waals surface area contributed by atoms with Crippen molar-refractivity contribution >= 4 is 33.2 Å². The van der Waals surface area contributed by atoms with Crippen LogP contribution in [0.4, 0.5) is 0 Å². The van der Waals surface area contributed by atoms with Crippen LogP contribution in [0.25, 0.3) is 0 Å². The normalized spacial score (nSPS) is 12.4. The molecule has 0 saturated heterocycles. The summed E-state index contributed by atoms with van der Waals surface area (Å²) in [7, 11) is 0. The average molecular weight is 291 g/mol. The second-order valence-corrected chi connectivity index (χ2v) is 5.01. The summed E-state index contributed by atoms with van der Waals surface area (Å²) in [5.74, 6) is 0.548. The molecule has 0 saturated carbocycles. The molecule has 0 radical (unpaired) electrons. The third kappa shape index (κ3) is 4.30. The minimum absolute atomic E-state index is 0.00878. The first-order chi connectivity index (χ1) is 7.27. The largest absolute Gasteiger partial charge is 0.351 e. The number of halogens is 1. The van der Waals surface area contributed by atoms with Gasteiger partial charge in [0.25, 0.3) is 5.91 Å². The number of aromatic nitrogens is 1. The van der Waals surface area contributed by atoms with Crippen LogP contribution < -0.4 is 5.32 Å². The van der Waals surface area contributed by atoms with Crippen LogP contribution in [0.15, 0.2) is 11.7 Å². The summed E-state index contributed by atoms with van der Waals surface area (Å²) in [6.07, 6.45) is 3.79. The molecule has 0 aliphatic heterocycles. The van der Waals surface area contributed by atoms with Gasteiger partial charge in [-0.15, -0.1) is 11.3 Å². The molecule has 0 aliphatic carbocycles. The fraction of sp³-hybridized carbons (Fsp3) is 0.600. The van der Waals surface area contributed by atoms with Crippen molar-refractivity contribution in [2.24, 2.45) is 5.92 Å². The van der Waals surface area contributed by atoms with Gasteiger partial charge in [0, 0.05) is 11.9 Å². The molecule has 1 aromatic rings. The molecule has 1 atom stereocenters. The van der Waals surface area contributed by atoms with Gasteiger partial charge in [-0.3, -0.25) is 9.78 Å². The third-order valence-electron chi connectivity index (χ3n) is 2.30. The summed E-state index contributed by atoms with van der Waals surface area (Å²) >= 11 is 4.79. The van der Waals surface area contributed by atoms with E-state index in [0.29, 0.717) is 10.8 Å². The predicted molar refractivity (Wildman–Crippen MR) is 66.6 cm³/mol. The molecule has 1 amide bonds. The van der Waals surface area contributed by atoms with E-state index in [9.17, 15) is 4.79 Å². The minimum atomic E-state index is -0.00878. The maximum Gasteiger partial charge on any atom is 0.263 e. The van der Waals surface area contributed by atoms with Crippen LogP contribution in [-0.2, 0) is 0 Å². The second-order valence-electron chi connectivity index (χ2n) is 3.33. The molecule has 1 rings (SSSR count). The Hall–Kier alpha value is -0.420. The lowest BCUT2D eigenvalue weighted by atomic mass is 10.0. The third-order valence-corrected chi connectivity index (χ3v) is 3.53. The number of carbonyl (C=O) groups is 1. The summed E-state index contributed by atoms with van der Waals surface area (Å²) in [5.41, 5.74) is 1.67. The number of thiazole rings is 1. The average Bonchev–Trinajstić information content (AvgIpc) is 2.77. The molecular weight excluding hydrogens is 276 g/mol. The Bertz CT molecular complexity index is 290. The van der Waals surface area contributed by atoms with E-state index in [0.717, 1.165) is 24.7 Å². The van der Waals surface area contributed by atoms with Crippen LogP contribution in [0.5, 0.6) is 0 Å². The van der Waals surface area contributed by atoms with Gasteiger partial charge in [-0.1, -0.05) is 29.3 Å². The summed E-state index contributed by atoms with van der Waals surface area (Å²) in [4.78, 5) is 16.1. The second kappa shape index (κ2) is 6.95. The van der Waals surface area contributed by atoms with Crippen molar-refractivity contribution in [2.45, 2.75) is 19.8 Å². The Morgan fingerprint density at radius 2 is 2.53 bits per heavy atom. The molecule has 0 spiro atoms. The molecule has 15 heavy (non-hydrogen) atoms. The van der Waals surface area contributed by atoms with Crippen LogP contribution in [0.3, 0.4) is 0 Å². The molecule has 0 bridgehead atoms. The molecule has 0 fully saturated rings. The van der Waals surface area contributed by atoms with Crippen molar-refractivity contribution < 1.29 is 4.79 Å². The zero-order valence-electron chi connectivity index (χ0n) is 8.70. The van der Waals surface area contributed by atoms with Gasteiger partial charge in [0.05, 0.1) is 11.7 Å². The van der Waals surface area contributed by atoms with Gasteiger partial charge in [0.1, 0.15) is 4.88 Å².